The van der Waals surface area contributed by atoms with Crippen molar-refractivity contribution < 1.29 is 19.7 Å². The molecular formula is C13H18O4. The van der Waals surface area contributed by atoms with Gasteiger partial charge >= 0.3 is 5.97 Å². The number of aliphatic hydroxyl groups is 2. The average Bonchev–Trinajstić information content (AvgIpc) is 2.33. The van der Waals surface area contributed by atoms with Gasteiger partial charge in [-0.1, -0.05) is 30.3 Å². The van der Waals surface area contributed by atoms with Gasteiger partial charge < -0.3 is 14.9 Å². The summed E-state index contributed by atoms with van der Waals surface area (Å²) in [4.78, 5) is 11.3. The quantitative estimate of drug-likeness (QED) is 0.430. The van der Waals surface area contributed by atoms with Crippen molar-refractivity contribution in [3.63, 3.8) is 0 Å². The Labute approximate surface area is 101 Å². The number of carbonyl (C=O) groups excluding carboxylic acids is 1. The first-order valence-corrected chi connectivity index (χ1v) is 5.74. The largest absolute Gasteiger partial charge is 0.461 e. The highest BCUT2D eigenvalue weighted by atomic mass is 16.5. The second kappa shape index (κ2) is 7.81. The Kier molecular flexibility index (Phi) is 6.29. The van der Waals surface area contributed by atoms with Gasteiger partial charge in [0.15, 0.2) is 6.29 Å². The molecule has 4 nitrogen and oxygen atoms in total. The third-order valence-electron chi connectivity index (χ3n) is 2.34. The maximum Gasteiger partial charge on any atom is 0.306 e. The van der Waals surface area contributed by atoms with Crippen molar-refractivity contribution in [2.24, 2.45) is 0 Å². The Balaban J connectivity index is 2.09. The number of unbranched alkanes of at least 4 members (excludes halogenated alkanes) is 1. The van der Waals surface area contributed by atoms with Gasteiger partial charge in [-0.3, -0.25) is 4.79 Å². The summed E-state index contributed by atoms with van der Waals surface area (Å²) in [5.74, 6) is -0.249. The lowest BCUT2D eigenvalue weighted by Crippen LogP contribution is -2.06. The van der Waals surface area contributed by atoms with Crippen LogP contribution in [0.5, 0.6) is 0 Å². The summed E-state index contributed by atoms with van der Waals surface area (Å²) in [6, 6.07) is 9.49. The lowest BCUT2D eigenvalue weighted by molar-refractivity contribution is -0.145. The van der Waals surface area contributed by atoms with E-state index >= 15 is 0 Å². The number of aliphatic hydroxyl groups excluding tert-OH is 1. The van der Waals surface area contributed by atoms with E-state index in [0.717, 1.165) is 5.56 Å². The minimum absolute atomic E-state index is 0.249. The van der Waals surface area contributed by atoms with Gasteiger partial charge in [-0.05, 0) is 24.8 Å². The van der Waals surface area contributed by atoms with E-state index in [2.05, 4.69) is 0 Å². The van der Waals surface area contributed by atoms with Crippen LogP contribution in [0.15, 0.2) is 30.3 Å². The molecule has 0 aliphatic carbocycles. The molecule has 0 unspecified atom stereocenters. The Morgan fingerprint density at radius 3 is 2.53 bits per heavy atom. The Morgan fingerprint density at radius 1 is 1.18 bits per heavy atom. The summed E-state index contributed by atoms with van der Waals surface area (Å²) >= 11 is 0. The third kappa shape index (κ3) is 6.71. The lowest BCUT2D eigenvalue weighted by Gasteiger charge is -2.05. The fourth-order valence-electron chi connectivity index (χ4n) is 1.41. The summed E-state index contributed by atoms with van der Waals surface area (Å²) in [5, 5.41) is 17.2. The summed E-state index contributed by atoms with van der Waals surface area (Å²) in [7, 11) is 0. The summed E-state index contributed by atoms with van der Waals surface area (Å²) in [6.45, 7) is 0.294. The van der Waals surface area contributed by atoms with Gasteiger partial charge in [-0.15, -0.1) is 0 Å². The van der Waals surface area contributed by atoms with Crippen LogP contribution in [0.2, 0.25) is 0 Å². The van der Waals surface area contributed by atoms with E-state index in [1.165, 1.54) is 0 Å². The second-order valence-electron chi connectivity index (χ2n) is 3.87. The van der Waals surface area contributed by atoms with Crippen LogP contribution in [0.3, 0.4) is 0 Å². The van der Waals surface area contributed by atoms with Crippen molar-refractivity contribution >= 4 is 5.97 Å². The van der Waals surface area contributed by atoms with Crippen LogP contribution in [-0.2, 0) is 16.1 Å². The van der Waals surface area contributed by atoms with Crippen LogP contribution in [0, 0.1) is 0 Å². The van der Waals surface area contributed by atoms with Crippen LogP contribution >= 0.6 is 0 Å². The molecule has 0 aromatic heterocycles. The zero-order valence-corrected chi connectivity index (χ0v) is 9.71. The van der Waals surface area contributed by atoms with Crippen molar-refractivity contribution in [1.29, 1.82) is 0 Å². The molecule has 0 aliphatic heterocycles. The first-order valence-electron chi connectivity index (χ1n) is 5.74. The molecule has 0 saturated carbocycles. The molecule has 0 spiro atoms. The van der Waals surface area contributed by atoms with Crippen LogP contribution in [0.25, 0.3) is 0 Å². The van der Waals surface area contributed by atoms with Gasteiger partial charge in [-0.25, -0.2) is 0 Å². The molecule has 1 aromatic carbocycles. The third-order valence-corrected chi connectivity index (χ3v) is 2.34. The summed E-state index contributed by atoms with van der Waals surface area (Å²) < 4.78 is 5.07. The fourth-order valence-corrected chi connectivity index (χ4v) is 1.41. The van der Waals surface area contributed by atoms with Gasteiger partial charge in [0.2, 0.25) is 0 Å². The van der Waals surface area contributed by atoms with Gasteiger partial charge in [0, 0.05) is 6.42 Å². The van der Waals surface area contributed by atoms with Crippen molar-refractivity contribution in [3.05, 3.63) is 35.9 Å². The molecule has 0 radical (unpaired) electrons. The van der Waals surface area contributed by atoms with Crippen LogP contribution in [-0.4, -0.2) is 22.5 Å². The van der Waals surface area contributed by atoms with Crippen molar-refractivity contribution in [3.8, 4) is 0 Å². The Morgan fingerprint density at radius 2 is 1.88 bits per heavy atom. The highest BCUT2D eigenvalue weighted by Gasteiger charge is 2.04. The normalized spacial score (nSPS) is 10.5. The minimum Gasteiger partial charge on any atom is -0.461 e. The van der Waals surface area contributed by atoms with E-state index in [0.29, 0.717) is 32.3 Å². The number of hydrogen-bond donors (Lipinski definition) is 2. The van der Waals surface area contributed by atoms with Crippen molar-refractivity contribution in [2.45, 2.75) is 38.6 Å². The Bertz CT molecular complexity index is 321. The molecule has 0 bridgehead atoms. The summed E-state index contributed by atoms with van der Waals surface area (Å²) in [6.07, 6.45) is 0.560. The number of hydrogen-bond acceptors (Lipinski definition) is 4. The molecular weight excluding hydrogens is 220 g/mol. The molecule has 2 N–H and O–H groups in total. The molecule has 1 aromatic rings. The van der Waals surface area contributed by atoms with E-state index < -0.39 is 6.29 Å². The molecule has 0 fully saturated rings. The number of ether oxygens (including phenoxy) is 1. The molecule has 0 atom stereocenters. The highest BCUT2D eigenvalue weighted by Crippen LogP contribution is 2.06. The number of esters is 1. The van der Waals surface area contributed by atoms with Crippen LogP contribution in [0.4, 0.5) is 0 Å². The predicted molar refractivity (Wildman–Crippen MR) is 62.9 cm³/mol. The monoisotopic (exact) mass is 238 g/mol. The average molecular weight is 238 g/mol. The van der Waals surface area contributed by atoms with Crippen molar-refractivity contribution in [2.75, 3.05) is 0 Å². The van der Waals surface area contributed by atoms with E-state index in [1.807, 2.05) is 30.3 Å². The molecule has 17 heavy (non-hydrogen) atoms. The second-order valence-corrected chi connectivity index (χ2v) is 3.87. The minimum atomic E-state index is -1.28. The fraction of sp³-hybridized carbons (Fsp3) is 0.462. The van der Waals surface area contributed by atoms with E-state index in [-0.39, 0.29) is 5.97 Å². The predicted octanol–water partition coefficient (Wildman–Crippen LogP) is 1.60. The smallest absolute Gasteiger partial charge is 0.306 e. The van der Waals surface area contributed by atoms with E-state index in [4.69, 9.17) is 14.9 Å². The molecule has 1 rings (SSSR count). The maximum atomic E-state index is 11.3. The first-order chi connectivity index (χ1) is 8.18. The molecule has 0 aliphatic rings. The highest BCUT2D eigenvalue weighted by molar-refractivity contribution is 5.69. The maximum absolute atomic E-state index is 11.3. The van der Waals surface area contributed by atoms with Gasteiger partial charge in [0.1, 0.15) is 6.61 Å². The lowest BCUT2D eigenvalue weighted by atomic mass is 10.2. The zero-order valence-electron chi connectivity index (χ0n) is 9.71. The topological polar surface area (TPSA) is 66.8 Å². The molecule has 4 heteroatoms. The van der Waals surface area contributed by atoms with Gasteiger partial charge in [-0.2, -0.15) is 0 Å². The first kappa shape index (κ1) is 13.7. The molecule has 94 valence electrons. The van der Waals surface area contributed by atoms with Crippen LogP contribution in [0.1, 0.15) is 31.2 Å². The van der Waals surface area contributed by atoms with Crippen LogP contribution < -0.4 is 0 Å². The molecule has 0 heterocycles. The Hall–Kier alpha value is -1.39. The summed E-state index contributed by atoms with van der Waals surface area (Å²) in [5.41, 5.74) is 0.964. The van der Waals surface area contributed by atoms with Gasteiger partial charge in [0.05, 0.1) is 0 Å². The zero-order chi connectivity index (χ0) is 12.5. The van der Waals surface area contributed by atoms with Crippen molar-refractivity contribution in [1.82, 2.24) is 0 Å². The van der Waals surface area contributed by atoms with E-state index in [9.17, 15) is 4.79 Å². The standard InChI is InChI=1S/C13H18O4/c14-12(15)8-4-5-9-13(16)17-10-11-6-2-1-3-7-11/h1-3,6-7,12,14-15H,4-5,8-10H2. The molecule has 0 saturated heterocycles. The number of rotatable bonds is 7. The van der Waals surface area contributed by atoms with Gasteiger partial charge in [0.25, 0.3) is 0 Å². The SMILES string of the molecule is O=C(CCCCC(O)O)OCc1ccccc1. The molecule has 0 amide bonds. The number of carbonyl (C=O) groups is 1. The van der Waals surface area contributed by atoms with E-state index in [1.54, 1.807) is 0 Å². The number of benzene rings is 1.